The standard InChI is InChI=1S/C14H20N4O2S2.C2HF3O2/c1-17-14-10-18(9-11-4-3-7-21-11)6-5-12(14)13(16-17)8-15-22(2,19)20;3-2(4,5)1(6)7/h3-4,7,15H,5-6,8-10H2,1-2H3;(H,6,7). The van der Waals surface area contributed by atoms with E-state index in [0.29, 0.717) is 0 Å². The van der Waals surface area contributed by atoms with Gasteiger partial charge in [-0.3, -0.25) is 9.58 Å². The van der Waals surface area contributed by atoms with Gasteiger partial charge in [-0.05, 0) is 17.9 Å². The number of nitrogens with zero attached hydrogens (tertiary/aromatic N) is 3. The van der Waals surface area contributed by atoms with Crippen molar-refractivity contribution in [1.29, 1.82) is 0 Å². The molecule has 0 unspecified atom stereocenters. The minimum absolute atomic E-state index is 0.271. The van der Waals surface area contributed by atoms with Gasteiger partial charge in [0.05, 0.1) is 24.2 Å². The summed E-state index contributed by atoms with van der Waals surface area (Å²) in [4.78, 5) is 12.7. The molecule has 2 N–H and O–H groups in total. The van der Waals surface area contributed by atoms with Gasteiger partial charge in [-0.25, -0.2) is 17.9 Å². The van der Waals surface area contributed by atoms with Crippen molar-refractivity contribution in [1.82, 2.24) is 19.4 Å². The molecule has 162 valence electrons. The molecule has 0 saturated carbocycles. The van der Waals surface area contributed by atoms with Crippen molar-refractivity contribution in [3.8, 4) is 0 Å². The Morgan fingerprint density at radius 3 is 2.59 bits per heavy atom. The maximum atomic E-state index is 11.3. The maximum absolute atomic E-state index is 11.3. The Morgan fingerprint density at radius 2 is 2.07 bits per heavy atom. The van der Waals surface area contributed by atoms with E-state index in [1.807, 2.05) is 11.7 Å². The van der Waals surface area contributed by atoms with Gasteiger partial charge in [0.25, 0.3) is 0 Å². The molecule has 0 atom stereocenters. The highest BCUT2D eigenvalue weighted by molar-refractivity contribution is 7.88. The second kappa shape index (κ2) is 9.24. The quantitative estimate of drug-likeness (QED) is 0.713. The van der Waals surface area contributed by atoms with Crippen LogP contribution < -0.4 is 4.72 Å². The largest absolute Gasteiger partial charge is 0.490 e. The lowest BCUT2D eigenvalue weighted by molar-refractivity contribution is -0.192. The molecule has 1 aliphatic heterocycles. The van der Waals surface area contributed by atoms with Crippen molar-refractivity contribution in [3.05, 3.63) is 39.3 Å². The zero-order chi connectivity index (χ0) is 21.8. The number of carboxylic acid groups (broad SMARTS) is 1. The van der Waals surface area contributed by atoms with Crippen molar-refractivity contribution in [2.45, 2.75) is 32.2 Å². The van der Waals surface area contributed by atoms with E-state index >= 15 is 0 Å². The molecular formula is C16H21F3N4O4S2. The van der Waals surface area contributed by atoms with E-state index < -0.39 is 22.2 Å². The number of sulfonamides is 1. The second-order valence-electron chi connectivity index (χ2n) is 6.43. The topological polar surface area (TPSA) is 105 Å². The van der Waals surface area contributed by atoms with E-state index in [1.54, 1.807) is 11.3 Å². The summed E-state index contributed by atoms with van der Waals surface area (Å²) in [7, 11) is -1.26. The first-order valence-electron chi connectivity index (χ1n) is 8.40. The molecule has 0 fully saturated rings. The fraction of sp³-hybridized carbons (Fsp3) is 0.500. The number of fused-ring (bicyclic) bond motifs is 1. The average molecular weight is 454 g/mol. The number of hydrogen-bond donors (Lipinski definition) is 2. The summed E-state index contributed by atoms with van der Waals surface area (Å²) in [5, 5.41) is 13.7. The third-order valence-electron chi connectivity index (χ3n) is 4.11. The van der Waals surface area contributed by atoms with Crippen LogP contribution in [-0.2, 0) is 47.9 Å². The first-order chi connectivity index (χ1) is 13.4. The highest BCUT2D eigenvalue weighted by atomic mass is 32.2. The molecular weight excluding hydrogens is 433 g/mol. The number of hydrogen-bond acceptors (Lipinski definition) is 6. The van der Waals surface area contributed by atoms with E-state index in [-0.39, 0.29) is 6.54 Å². The Labute approximate surface area is 170 Å². The monoisotopic (exact) mass is 454 g/mol. The molecule has 0 saturated heterocycles. The number of aliphatic carboxylic acids is 1. The van der Waals surface area contributed by atoms with Crippen LogP contribution in [0.4, 0.5) is 13.2 Å². The van der Waals surface area contributed by atoms with Crippen LogP contribution in [0.1, 0.15) is 21.8 Å². The van der Waals surface area contributed by atoms with Crippen molar-refractivity contribution in [3.63, 3.8) is 0 Å². The SMILES string of the molecule is Cn1nc(CNS(C)(=O)=O)c2c1CN(Cc1cccs1)CC2.O=C(O)C(F)(F)F. The number of rotatable bonds is 5. The molecule has 3 heterocycles. The Balaban J connectivity index is 0.000000370. The second-order valence-corrected chi connectivity index (χ2v) is 9.30. The van der Waals surface area contributed by atoms with Gasteiger partial charge in [0.2, 0.25) is 10.0 Å². The number of aromatic nitrogens is 2. The lowest BCUT2D eigenvalue weighted by atomic mass is 10.0. The van der Waals surface area contributed by atoms with Crippen molar-refractivity contribution in [2.24, 2.45) is 7.05 Å². The predicted molar refractivity (Wildman–Crippen MR) is 101 cm³/mol. The maximum Gasteiger partial charge on any atom is 0.490 e. The van der Waals surface area contributed by atoms with Crippen LogP contribution in [0.3, 0.4) is 0 Å². The number of alkyl halides is 3. The molecule has 2 aromatic rings. The van der Waals surface area contributed by atoms with Crippen LogP contribution in [0.5, 0.6) is 0 Å². The van der Waals surface area contributed by atoms with E-state index in [9.17, 15) is 21.6 Å². The summed E-state index contributed by atoms with van der Waals surface area (Å²) >= 11 is 1.78. The normalized spacial score (nSPS) is 14.8. The lowest BCUT2D eigenvalue weighted by Gasteiger charge is -2.27. The molecule has 0 amide bonds. The molecule has 0 spiro atoms. The Morgan fingerprint density at radius 1 is 1.41 bits per heavy atom. The molecule has 0 aliphatic carbocycles. The summed E-state index contributed by atoms with van der Waals surface area (Å²) in [6, 6.07) is 4.24. The molecule has 13 heteroatoms. The average Bonchev–Trinajstić information content (AvgIpc) is 3.20. The fourth-order valence-electron chi connectivity index (χ4n) is 2.81. The summed E-state index contributed by atoms with van der Waals surface area (Å²) in [6.45, 7) is 3.06. The van der Waals surface area contributed by atoms with Crippen LogP contribution in [-0.4, -0.2) is 53.2 Å². The van der Waals surface area contributed by atoms with Crippen molar-refractivity contribution in [2.75, 3.05) is 12.8 Å². The Bertz CT molecular complexity index is 940. The van der Waals surface area contributed by atoms with Crippen LogP contribution >= 0.6 is 11.3 Å². The highest BCUT2D eigenvalue weighted by Crippen LogP contribution is 2.24. The van der Waals surface area contributed by atoms with Gasteiger partial charge >= 0.3 is 12.1 Å². The first kappa shape index (κ1) is 23.3. The Kier molecular flexibility index (Phi) is 7.43. The molecule has 0 aromatic carbocycles. The smallest absolute Gasteiger partial charge is 0.475 e. The number of nitrogens with one attached hydrogen (secondary N) is 1. The molecule has 8 nitrogen and oxygen atoms in total. The van der Waals surface area contributed by atoms with Crippen LogP contribution in [0, 0.1) is 0 Å². The number of aryl methyl sites for hydroxylation is 1. The fourth-order valence-corrected chi connectivity index (χ4v) is 3.96. The van der Waals surface area contributed by atoms with Gasteiger partial charge in [0.15, 0.2) is 0 Å². The molecule has 29 heavy (non-hydrogen) atoms. The van der Waals surface area contributed by atoms with Gasteiger partial charge in [-0.2, -0.15) is 18.3 Å². The summed E-state index contributed by atoms with van der Waals surface area (Å²) in [6.07, 6.45) is -3.00. The lowest BCUT2D eigenvalue weighted by Crippen LogP contribution is -2.31. The molecule has 0 radical (unpaired) electrons. The van der Waals surface area contributed by atoms with Crippen molar-refractivity contribution < 1.29 is 31.5 Å². The highest BCUT2D eigenvalue weighted by Gasteiger charge is 2.38. The predicted octanol–water partition coefficient (Wildman–Crippen LogP) is 1.72. The van der Waals surface area contributed by atoms with Crippen LogP contribution in [0.25, 0.3) is 0 Å². The minimum Gasteiger partial charge on any atom is -0.475 e. The number of thiophene rings is 1. The van der Waals surface area contributed by atoms with Gasteiger partial charge in [-0.1, -0.05) is 6.07 Å². The number of carboxylic acids is 1. The number of carbonyl (C=O) groups is 1. The minimum atomic E-state index is -5.08. The first-order valence-corrected chi connectivity index (χ1v) is 11.2. The Hall–Kier alpha value is -1.96. The third-order valence-corrected chi connectivity index (χ3v) is 5.64. The van der Waals surface area contributed by atoms with E-state index in [4.69, 9.17) is 9.90 Å². The van der Waals surface area contributed by atoms with Crippen LogP contribution in [0.2, 0.25) is 0 Å². The zero-order valence-electron chi connectivity index (χ0n) is 15.7. The third kappa shape index (κ3) is 7.10. The molecule has 2 aromatic heterocycles. The summed E-state index contributed by atoms with van der Waals surface area (Å²) in [5.74, 6) is -2.76. The van der Waals surface area contributed by atoms with Gasteiger partial charge in [-0.15, -0.1) is 11.3 Å². The zero-order valence-corrected chi connectivity index (χ0v) is 17.4. The van der Waals surface area contributed by atoms with Gasteiger partial charge in [0.1, 0.15) is 0 Å². The summed E-state index contributed by atoms with van der Waals surface area (Å²) < 4.78 is 58.7. The van der Waals surface area contributed by atoms with E-state index in [2.05, 4.69) is 32.2 Å². The van der Waals surface area contributed by atoms with E-state index in [1.165, 1.54) is 22.4 Å². The molecule has 1 aliphatic rings. The summed E-state index contributed by atoms with van der Waals surface area (Å²) in [5.41, 5.74) is 3.23. The van der Waals surface area contributed by atoms with Crippen LogP contribution in [0.15, 0.2) is 17.5 Å². The molecule has 3 rings (SSSR count). The van der Waals surface area contributed by atoms with Gasteiger partial charge in [0, 0.05) is 37.1 Å². The number of halogens is 3. The van der Waals surface area contributed by atoms with E-state index in [0.717, 1.165) is 31.7 Å². The van der Waals surface area contributed by atoms with Crippen molar-refractivity contribution >= 4 is 27.3 Å². The molecule has 0 bridgehead atoms. The van der Waals surface area contributed by atoms with Gasteiger partial charge < -0.3 is 5.11 Å².